The fourth-order valence-corrected chi connectivity index (χ4v) is 4.53. The molecule has 1 aromatic carbocycles. The summed E-state index contributed by atoms with van der Waals surface area (Å²) >= 11 is 1.64. The molecule has 1 aromatic rings. The Morgan fingerprint density at radius 1 is 1.19 bits per heavy atom. The second-order valence-electron chi connectivity index (χ2n) is 7.87. The molecule has 5 nitrogen and oxygen atoms in total. The Balaban J connectivity index is 1.64. The van der Waals surface area contributed by atoms with E-state index in [4.69, 9.17) is 4.74 Å². The van der Waals surface area contributed by atoms with Crippen LogP contribution in [0.5, 0.6) is 0 Å². The number of ether oxygens (including phenoxy) is 1. The summed E-state index contributed by atoms with van der Waals surface area (Å²) in [4.78, 5) is 28.4. The third-order valence-electron chi connectivity index (χ3n) is 4.96. The van der Waals surface area contributed by atoms with Gasteiger partial charge in [0.25, 0.3) is 0 Å². The molecule has 2 fully saturated rings. The van der Waals surface area contributed by atoms with E-state index >= 15 is 0 Å². The number of hydrogen-bond donors (Lipinski definition) is 0. The lowest BCUT2D eigenvalue weighted by Gasteiger charge is -2.29. The monoisotopic (exact) mass is 376 g/mol. The quantitative estimate of drug-likeness (QED) is 0.811. The number of amides is 2. The van der Waals surface area contributed by atoms with E-state index in [1.165, 1.54) is 5.56 Å². The number of hydrogen-bond acceptors (Lipinski definition) is 4. The molecule has 26 heavy (non-hydrogen) atoms. The molecule has 0 radical (unpaired) electrons. The van der Waals surface area contributed by atoms with E-state index in [-0.39, 0.29) is 22.6 Å². The molecule has 0 N–H and O–H groups in total. The van der Waals surface area contributed by atoms with Crippen molar-refractivity contribution in [2.75, 3.05) is 38.6 Å². The van der Waals surface area contributed by atoms with Crippen molar-refractivity contribution in [1.82, 2.24) is 9.80 Å². The van der Waals surface area contributed by atoms with E-state index in [9.17, 15) is 9.59 Å². The Kier molecular flexibility index (Phi) is 5.92. The van der Waals surface area contributed by atoms with E-state index in [0.29, 0.717) is 45.0 Å². The molecule has 2 amide bonds. The van der Waals surface area contributed by atoms with Crippen molar-refractivity contribution in [1.29, 1.82) is 0 Å². The van der Waals surface area contributed by atoms with E-state index < -0.39 is 0 Å². The SMILES string of the molecule is CC(C)(C)c1ccc([C@H]2SCC(=O)N2CCC(=O)N2CCOCC2)cc1. The van der Waals surface area contributed by atoms with Crippen LogP contribution in [-0.4, -0.2) is 60.2 Å². The summed E-state index contributed by atoms with van der Waals surface area (Å²) in [5, 5.41) is 0.00834. The smallest absolute Gasteiger partial charge is 0.233 e. The van der Waals surface area contributed by atoms with Crippen LogP contribution in [0.3, 0.4) is 0 Å². The highest BCUT2D eigenvalue weighted by Crippen LogP contribution is 2.39. The van der Waals surface area contributed by atoms with Crippen LogP contribution < -0.4 is 0 Å². The predicted molar refractivity (Wildman–Crippen MR) is 104 cm³/mol. The van der Waals surface area contributed by atoms with Gasteiger partial charge in [0, 0.05) is 26.1 Å². The minimum absolute atomic E-state index is 0.00834. The van der Waals surface area contributed by atoms with Crippen molar-refractivity contribution in [3.8, 4) is 0 Å². The fraction of sp³-hybridized carbons (Fsp3) is 0.600. The highest BCUT2D eigenvalue weighted by Gasteiger charge is 2.33. The Morgan fingerprint density at radius 2 is 1.85 bits per heavy atom. The second-order valence-corrected chi connectivity index (χ2v) is 8.93. The van der Waals surface area contributed by atoms with E-state index in [0.717, 1.165) is 5.56 Å². The molecule has 2 aliphatic heterocycles. The van der Waals surface area contributed by atoms with Crippen LogP contribution in [0.4, 0.5) is 0 Å². The number of thioether (sulfide) groups is 1. The van der Waals surface area contributed by atoms with Crippen molar-refractivity contribution < 1.29 is 14.3 Å². The topological polar surface area (TPSA) is 49.9 Å². The molecule has 2 saturated heterocycles. The zero-order chi connectivity index (χ0) is 18.7. The van der Waals surface area contributed by atoms with Gasteiger partial charge >= 0.3 is 0 Å². The molecular formula is C20H28N2O3S. The van der Waals surface area contributed by atoms with Crippen LogP contribution >= 0.6 is 11.8 Å². The maximum absolute atomic E-state index is 12.4. The molecule has 3 rings (SSSR count). The molecule has 2 heterocycles. The minimum Gasteiger partial charge on any atom is -0.378 e. The van der Waals surface area contributed by atoms with Crippen molar-refractivity contribution in [3.63, 3.8) is 0 Å². The zero-order valence-electron chi connectivity index (χ0n) is 15.9. The van der Waals surface area contributed by atoms with Crippen LogP contribution in [0.15, 0.2) is 24.3 Å². The van der Waals surface area contributed by atoms with Gasteiger partial charge in [0.1, 0.15) is 5.37 Å². The fourth-order valence-electron chi connectivity index (χ4n) is 3.31. The summed E-state index contributed by atoms with van der Waals surface area (Å²) in [5.74, 6) is 0.715. The van der Waals surface area contributed by atoms with Crippen LogP contribution in [0.2, 0.25) is 0 Å². The molecule has 2 aliphatic rings. The standard InChI is InChI=1S/C20H28N2O3S/c1-20(2,3)16-6-4-15(5-7-16)19-22(18(24)14-26-19)9-8-17(23)21-10-12-25-13-11-21/h4-7,19H,8-14H2,1-3H3/t19-/m1/s1. The molecular weight excluding hydrogens is 348 g/mol. The van der Waals surface area contributed by atoms with Crippen LogP contribution in [0.1, 0.15) is 43.7 Å². The normalized spacial score (nSPS) is 21.3. The number of carbonyl (C=O) groups excluding carboxylic acids is 2. The third kappa shape index (κ3) is 4.41. The first-order valence-electron chi connectivity index (χ1n) is 9.23. The first kappa shape index (κ1) is 19.2. The molecule has 1 atom stereocenters. The van der Waals surface area contributed by atoms with E-state index in [1.807, 2.05) is 9.80 Å². The summed E-state index contributed by atoms with van der Waals surface area (Å²) in [6.45, 7) is 9.57. The van der Waals surface area contributed by atoms with Crippen LogP contribution in [0.25, 0.3) is 0 Å². The maximum atomic E-state index is 12.4. The van der Waals surface area contributed by atoms with Crippen molar-refractivity contribution in [2.24, 2.45) is 0 Å². The Bertz CT molecular complexity index is 648. The summed E-state index contributed by atoms with van der Waals surface area (Å²) in [6, 6.07) is 8.53. The van der Waals surface area contributed by atoms with Crippen LogP contribution in [0, 0.1) is 0 Å². The molecule has 142 valence electrons. The summed E-state index contributed by atoms with van der Waals surface area (Å²) in [6.07, 6.45) is 0.378. The number of benzene rings is 1. The first-order valence-corrected chi connectivity index (χ1v) is 10.3. The van der Waals surface area contributed by atoms with Gasteiger partial charge in [-0.1, -0.05) is 45.0 Å². The van der Waals surface area contributed by atoms with Crippen molar-refractivity contribution >= 4 is 23.6 Å². The number of morpholine rings is 1. The predicted octanol–water partition coefficient (Wildman–Crippen LogP) is 2.81. The number of carbonyl (C=O) groups is 2. The van der Waals surface area contributed by atoms with Gasteiger partial charge < -0.3 is 14.5 Å². The van der Waals surface area contributed by atoms with Gasteiger partial charge in [0.05, 0.1) is 19.0 Å². The average Bonchev–Trinajstić information content (AvgIpc) is 3.00. The Labute approximate surface area is 160 Å². The van der Waals surface area contributed by atoms with Crippen molar-refractivity contribution in [2.45, 2.75) is 38.0 Å². The van der Waals surface area contributed by atoms with Crippen molar-refractivity contribution in [3.05, 3.63) is 35.4 Å². The lowest BCUT2D eigenvalue weighted by molar-refractivity contribution is -0.136. The van der Waals surface area contributed by atoms with Gasteiger partial charge in [0.15, 0.2) is 0 Å². The Hall–Kier alpha value is -1.53. The summed E-state index contributed by atoms with van der Waals surface area (Å²) < 4.78 is 5.29. The van der Waals surface area contributed by atoms with Gasteiger partial charge in [-0.15, -0.1) is 11.8 Å². The molecule has 0 spiro atoms. The number of nitrogens with zero attached hydrogens (tertiary/aromatic N) is 2. The van der Waals surface area contributed by atoms with Crippen LogP contribution in [-0.2, 0) is 19.7 Å². The van der Waals surface area contributed by atoms with Gasteiger partial charge in [-0.05, 0) is 16.5 Å². The summed E-state index contributed by atoms with van der Waals surface area (Å²) in [7, 11) is 0. The lowest BCUT2D eigenvalue weighted by atomic mass is 9.86. The van der Waals surface area contributed by atoms with Gasteiger partial charge in [-0.25, -0.2) is 0 Å². The zero-order valence-corrected chi connectivity index (χ0v) is 16.7. The highest BCUT2D eigenvalue weighted by molar-refractivity contribution is 8.00. The maximum Gasteiger partial charge on any atom is 0.233 e. The molecule has 0 bridgehead atoms. The number of rotatable bonds is 4. The minimum atomic E-state index is 0.00834. The lowest BCUT2D eigenvalue weighted by Crippen LogP contribution is -2.42. The average molecular weight is 377 g/mol. The molecule has 0 aromatic heterocycles. The van der Waals surface area contributed by atoms with E-state index in [2.05, 4.69) is 45.0 Å². The third-order valence-corrected chi connectivity index (χ3v) is 6.22. The molecule has 0 aliphatic carbocycles. The van der Waals surface area contributed by atoms with Gasteiger partial charge in [-0.2, -0.15) is 0 Å². The molecule has 0 saturated carbocycles. The van der Waals surface area contributed by atoms with Gasteiger partial charge in [-0.3, -0.25) is 9.59 Å². The first-order chi connectivity index (χ1) is 12.4. The second kappa shape index (κ2) is 8.01. The molecule has 6 heteroatoms. The van der Waals surface area contributed by atoms with Gasteiger partial charge in [0.2, 0.25) is 11.8 Å². The highest BCUT2D eigenvalue weighted by atomic mass is 32.2. The largest absolute Gasteiger partial charge is 0.378 e. The summed E-state index contributed by atoms with van der Waals surface area (Å²) in [5.41, 5.74) is 2.53. The Morgan fingerprint density at radius 3 is 2.46 bits per heavy atom. The van der Waals surface area contributed by atoms with E-state index in [1.54, 1.807) is 11.8 Å². The molecule has 0 unspecified atom stereocenters.